The van der Waals surface area contributed by atoms with E-state index in [2.05, 4.69) is 25.3 Å². The SMILES string of the molecule is O=C(NCc1ncc[nH]1)c1cccc2nccnc12. The van der Waals surface area contributed by atoms with Crippen molar-refractivity contribution in [2.75, 3.05) is 0 Å². The second-order valence-corrected chi connectivity index (χ2v) is 3.95. The lowest BCUT2D eigenvalue weighted by atomic mass is 10.1. The Morgan fingerprint density at radius 1 is 1.16 bits per heavy atom. The number of amides is 1. The number of H-pyrrole nitrogens is 1. The number of carbonyl (C=O) groups is 1. The van der Waals surface area contributed by atoms with Crippen LogP contribution >= 0.6 is 0 Å². The molecular formula is C13H11N5O. The average molecular weight is 253 g/mol. The van der Waals surface area contributed by atoms with E-state index >= 15 is 0 Å². The van der Waals surface area contributed by atoms with Crippen LogP contribution in [0.25, 0.3) is 11.0 Å². The van der Waals surface area contributed by atoms with Crippen molar-refractivity contribution in [2.45, 2.75) is 6.54 Å². The van der Waals surface area contributed by atoms with Gasteiger partial charge in [-0.15, -0.1) is 0 Å². The van der Waals surface area contributed by atoms with Gasteiger partial charge in [0.1, 0.15) is 11.3 Å². The number of rotatable bonds is 3. The molecule has 0 spiro atoms. The average Bonchev–Trinajstić information content (AvgIpc) is 2.97. The summed E-state index contributed by atoms with van der Waals surface area (Å²) in [4.78, 5) is 27.5. The summed E-state index contributed by atoms with van der Waals surface area (Å²) in [6.07, 6.45) is 6.54. The Hall–Kier alpha value is -2.76. The molecule has 6 heteroatoms. The maximum atomic E-state index is 12.1. The van der Waals surface area contributed by atoms with Crippen LogP contribution in [-0.4, -0.2) is 25.8 Å². The Morgan fingerprint density at radius 3 is 2.89 bits per heavy atom. The number of nitrogens with one attached hydrogen (secondary N) is 2. The van der Waals surface area contributed by atoms with Gasteiger partial charge < -0.3 is 10.3 Å². The number of nitrogens with zero attached hydrogens (tertiary/aromatic N) is 3. The molecule has 0 fully saturated rings. The van der Waals surface area contributed by atoms with Crippen LogP contribution in [0.5, 0.6) is 0 Å². The van der Waals surface area contributed by atoms with Crippen molar-refractivity contribution in [1.29, 1.82) is 0 Å². The maximum Gasteiger partial charge on any atom is 0.253 e. The van der Waals surface area contributed by atoms with E-state index < -0.39 is 0 Å². The molecule has 2 N–H and O–H groups in total. The van der Waals surface area contributed by atoms with Crippen LogP contribution in [-0.2, 0) is 6.54 Å². The van der Waals surface area contributed by atoms with Gasteiger partial charge in [-0.2, -0.15) is 0 Å². The topological polar surface area (TPSA) is 83.6 Å². The monoisotopic (exact) mass is 253 g/mol. The van der Waals surface area contributed by atoms with Gasteiger partial charge in [0.25, 0.3) is 5.91 Å². The molecule has 1 aromatic carbocycles. The van der Waals surface area contributed by atoms with Gasteiger partial charge in [0.15, 0.2) is 0 Å². The first-order valence-electron chi connectivity index (χ1n) is 5.81. The standard InChI is InChI=1S/C13H11N5O/c19-13(18-8-11-15-5-6-16-11)9-2-1-3-10-12(9)17-7-4-14-10/h1-7H,8H2,(H,15,16)(H,18,19). The molecular weight excluding hydrogens is 242 g/mol. The molecule has 2 heterocycles. The van der Waals surface area contributed by atoms with E-state index in [1.165, 1.54) is 0 Å². The summed E-state index contributed by atoms with van der Waals surface area (Å²) in [5, 5.41) is 2.79. The Kier molecular flexibility index (Phi) is 2.89. The van der Waals surface area contributed by atoms with Crippen LogP contribution in [0.3, 0.4) is 0 Å². The van der Waals surface area contributed by atoms with Crippen LogP contribution in [0.15, 0.2) is 43.0 Å². The predicted octanol–water partition coefficient (Wildman–Crippen LogP) is 1.28. The normalized spacial score (nSPS) is 10.5. The molecule has 0 aliphatic heterocycles. The molecule has 94 valence electrons. The molecule has 6 nitrogen and oxygen atoms in total. The maximum absolute atomic E-state index is 12.1. The summed E-state index contributed by atoms with van der Waals surface area (Å²) in [7, 11) is 0. The Balaban J connectivity index is 1.85. The summed E-state index contributed by atoms with van der Waals surface area (Å²) < 4.78 is 0. The fraction of sp³-hybridized carbons (Fsp3) is 0.0769. The number of carbonyl (C=O) groups excluding carboxylic acids is 1. The molecule has 0 aliphatic rings. The first-order chi connectivity index (χ1) is 9.34. The number of imidazole rings is 1. The number of hydrogen-bond donors (Lipinski definition) is 2. The molecule has 0 saturated carbocycles. The molecule has 0 bridgehead atoms. The first kappa shape index (κ1) is 11.3. The molecule has 3 rings (SSSR count). The van der Waals surface area contributed by atoms with E-state index in [9.17, 15) is 4.79 Å². The highest BCUT2D eigenvalue weighted by Gasteiger charge is 2.11. The summed E-state index contributed by atoms with van der Waals surface area (Å²) in [6, 6.07) is 5.35. The number of aromatic nitrogens is 4. The fourth-order valence-corrected chi connectivity index (χ4v) is 1.83. The molecule has 0 unspecified atom stereocenters. The Labute approximate surface area is 108 Å². The van der Waals surface area contributed by atoms with Crippen molar-refractivity contribution < 1.29 is 4.79 Å². The van der Waals surface area contributed by atoms with Gasteiger partial charge in [-0.3, -0.25) is 14.8 Å². The van der Waals surface area contributed by atoms with Crippen molar-refractivity contribution in [3.05, 3.63) is 54.4 Å². The van der Waals surface area contributed by atoms with Gasteiger partial charge in [-0.05, 0) is 12.1 Å². The largest absolute Gasteiger partial charge is 0.347 e. The van der Waals surface area contributed by atoms with Crippen LogP contribution < -0.4 is 5.32 Å². The molecule has 1 amide bonds. The third kappa shape index (κ3) is 2.28. The summed E-state index contributed by atoms with van der Waals surface area (Å²) in [5.41, 5.74) is 1.81. The van der Waals surface area contributed by atoms with E-state index in [1.807, 2.05) is 6.07 Å². The lowest BCUT2D eigenvalue weighted by Gasteiger charge is -2.05. The summed E-state index contributed by atoms with van der Waals surface area (Å²) in [5.74, 6) is 0.516. The quantitative estimate of drug-likeness (QED) is 0.736. The Bertz CT molecular complexity index is 703. The van der Waals surface area contributed by atoms with Gasteiger partial charge in [-0.25, -0.2) is 4.98 Å². The highest BCUT2D eigenvalue weighted by atomic mass is 16.1. The van der Waals surface area contributed by atoms with Crippen molar-refractivity contribution >= 4 is 16.9 Å². The van der Waals surface area contributed by atoms with Crippen LogP contribution in [0.4, 0.5) is 0 Å². The summed E-state index contributed by atoms with van der Waals surface area (Å²) in [6.45, 7) is 0.350. The van der Waals surface area contributed by atoms with Crippen LogP contribution in [0.1, 0.15) is 16.2 Å². The predicted molar refractivity (Wildman–Crippen MR) is 69.3 cm³/mol. The number of fused-ring (bicyclic) bond motifs is 1. The van der Waals surface area contributed by atoms with E-state index in [0.717, 1.165) is 0 Å². The zero-order chi connectivity index (χ0) is 13.1. The second-order valence-electron chi connectivity index (χ2n) is 3.95. The minimum absolute atomic E-state index is 0.192. The number of hydrogen-bond acceptors (Lipinski definition) is 4. The van der Waals surface area contributed by atoms with Crippen LogP contribution in [0.2, 0.25) is 0 Å². The van der Waals surface area contributed by atoms with Crippen molar-refractivity contribution in [3.63, 3.8) is 0 Å². The van der Waals surface area contributed by atoms with Crippen molar-refractivity contribution in [1.82, 2.24) is 25.3 Å². The van der Waals surface area contributed by atoms with E-state index in [1.54, 1.807) is 36.9 Å². The minimum Gasteiger partial charge on any atom is -0.347 e. The molecule has 0 atom stereocenters. The zero-order valence-electron chi connectivity index (χ0n) is 10.00. The highest BCUT2D eigenvalue weighted by molar-refractivity contribution is 6.04. The highest BCUT2D eigenvalue weighted by Crippen LogP contribution is 2.13. The zero-order valence-corrected chi connectivity index (χ0v) is 10.00. The van der Waals surface area contributed by atoms with E-state index in [-0.39, 0.29) is 5.91 Å². The van der Waals surface area contributed by atoms with E-state index in [0.29, 0.717) is 29.0 Å². The van der Waals surface area contributed by atoms with Gasteiger partial charge in [0.05, 0.1) is 17.6 Å². The minimum atomic E-state index is -0.192. The van der Waals surface area contributed by atoms with Crippen molar-refractivity contribution in [2.24, 2.45) is 0 Å². The third-order valence-corrected chi connectivity index (χ3v) is 2.71. The first-order valence-corrected chi connectivity index (χ1v) is 5.81. The third-order valence-electron chi connectivity index (χ3n) is 2.71. The summed E-state index contributed by atoms with van der Waals surface area (Å²) >= 11 is 0. The lowest BCUT2D eigenvalue weighted by molar-refractivity contribution is 0.0951. The van der Waals surface area contributed by atoms with Crippen molar-refractivity contribution in [3.8, 4) is 0 Å². The fourth-order valence-electron chi connectivity index (χ4n) is 1.83. The molecule has 3 aromatic rings. The second kappa shape index (κ2) is 4.85. The van der Waals surface area contributed by atoms with Gasteiger partial charge in [-0.1, -0.05) is 6.07 Å². The molecule has 0 radical (unpaired) electrons. The number of aromatic amines is 1. The molecule has 0 saturated heterocycles. The van der Waals surface area contributed by atoms with Gasteiger partial charge in [0, 0.05) is 24.8 Å². The molecule has 0 aliphatic carbocycles. The molecule has 19 heavy (non-hydrogen) atoms. The van der Waals surface area contributed by atoms with Crippen LogP contribution in [0, 0.1) is 0 Å². The van der Waals surface area contributed by atoms with Gasteiger partial charge in [0.2, 0.25) is 0 Å². The van der Waals surface area contributed by atoms with Gasteiger partial charge >= 0.3 is 0 Å². The smallest absolute Gasteiger partial charge is 0.253 e. The Morgan fingerprint density at radius 2 is 2.05 bits per heavy atom. The number of para-hydroxylation sites is 1. The molecule has 2 aromatic heterocycles. The van der Waals surface area contributed by atoms with E-state index in [4.69, 9.17) is 0 Å². The number of benzene rings is 1. The lowest BCUT2D eigenvalue weighted by Crippen LogP contribution is -2.23.